The average Bonchev–Trinajstić information content (AvgIpc) is 1.67. The van der Waals surface area contributed by atoms with E-state index in [4.69, 9.17) is 15.2 Å². The fourth-order valence-corrected chi connectivity index (χ4v) is 20.6. The SMILES string of the molecule is CC(C)S(=O)[O-].Cc1c(NCc2ccc(N)cc2)ccc2c1CC(C)C2.Cc1c(NCc2ccc(NS(=O)(=O)C(C)C)cc2)ccc2c1CCC2C.Cc1cc(N2C[C@@H](C)O[C@@H](C)C2)cc(C)c1NCc1ccc(NS(=O)(=O)C(C)C)cc1.Cc1cc(N2C[C@H](C)O[C@H](C)C2C)ccc1NCc1ccc(NS(=O)(=O)C(C)C)cc1.Cc1cc(NCc2ccc(NS(=O)(=O)C(C)C)cc2)c(C)c2c1CCC2. The minimum atomic E-state index is -3.33. The summed E-state index contributed by atoms with van der Waals surface area (Å²) in [5.41, 5.74) is 41.2. The molecule has 2 saturated heterocycles. The molecule has 3 aliphatic carbocycles. The first-order chi connectivity index (χ1) is 65.9. The first kappa shape index (κ1) is 112. The maximum absolute atomic E-state index is 12.0. The third kappa shape index (κ3) is 31.6. The van der Waals surface area contributed by atoms with Gasteiger partial charge in [-0.3, -0.25) is 23.1 Å². The van der Waals surface area contributed by atoms with Crippen LogP contribution in [0.3, 0.4) is 0 Å². The van der Waals surface area contributed by atoms with E-state index in [9.17, 15) is 42.4 Å². The highest BCUT2D eigenvalue weighted by Gasteiger charge is 2.32. The summed E-state index contributed by atoms with van der Waals surface area (Å²) < 4.78 is 137. The van der Waals surface area contributed by atoms with Crippen LogP contribution in [0.4, 0.5) is 68.2 Å². The number of nitrogens with zero attached hydrogens (tertiary/aromatic N) is 2. The number of fused-ring (bicyclic) bond motifs is 3. The topological polar surface area (TPSA) is 336 Å². The van der Waals surface area contributed by atoms with Gasteiger partial charge in [0.05, 0.1) is 51.5 Å². The van der Waals surface area contributed by atoms with Crippen molar-refractivity contribution in [3.63, 3.8) is 0 Å². The van der Waals surface area contributed by atoms with E-state index in [-0.39, 0.29) is 29.7 Å². The van der Waals surface area contributed by atoms with Crippen LogP contribution in [0.15, 0.2) is 182 Å². The molecule has 2 aliphatic heterocycles. The quantitative estimate of drug-likeness (QED) is 0.0148. The number of hydrogen-bond donors (Lipinski definition) is 10. The summed E-state index contributed by atoms with van der Waals surface area (Å²) in [6.07, 6.45) is 9.40. The molecule has 2 fully saturated rings. The van der Waals surface area contributed by atoms with Crippen LogP contribution in [0.2, 0.25) is 0 Å². The van der Waals surface area contributed by atoms with E-state index in [0.29, 0.717) is 54.3 Å². The van der Waals surface area contributed by atoms with Crippen molar-refractivity contribution in [2.45, 2.75) is 306 Å². The summed E-state index contributed by atoms with van der Waals surface area (Å²) in [6.45, 7) is 53.5. The molecule has 2 heterocycles. The van der Waals surface area contributed by atoms with E-state index in [0.717, 1.165) is 78.0 Å². The van der Waals surface area contributed by atoms with Gasteiger partial charge in [0.1, 0.15) is 0 Å². The second-order valence-electron chi connectivity index (χ2n) is 39.9. The summed E-state index contributed by atoms with van der Waals surface area (Å²) in [5, 5.41) is 15.6. The lowest BCUT2D eigenvalue weighted by Gasteiger charge is -2.42. The van der Waals surface area contributed by atoms with Gasteiger partial charge in [0.25, 0.3) is 0 Å². The lowest BCUT2D eigenvalue weighted by molar-refractivity contribution is -0.0257. The molecular formula is C111H155N12O12S5-. The number of anilines is 12. The number of sulfonamides is 4. The zero-order valence-corrected chi connectivity index (χ0v) is 90.8. The van der Waals surface area contributed by atoms with E-state index in [1.807, 2.05) is 84.9 Å². The Hall–Kier alpha value is -10.4. The van der Waals surface area contributed by atoms with E-state index < -0.39 is 72.2 Å². The molecule has 15 rings (SSSR count). The Morgan fingerprint density at radius 1 is 0.393 bits per heavy atom. The number of aryl methyl sites for hydroxylation is 4. The molecule has 29 heteroatoms. The molecule has 0 saturated carbocycles. The number of hydrogen-bond acceptors (Lipinski definition) is 20. The zero-order valence-electron chi connectivity index (χ0n) is 86.8. The monoisotopic (exact) mass is 2010 g/mol. The van der Waals surface area contributed by atoms with Crippen molar-refractivity contribution in [3.05, 3.63) is 282 Å². The second kappa shape index (κ2) is 50.0. The van der Waals surface area contributed by atoms with Crippen LogP contribution in [-0.4, -0.2) is 119 Å². The molecule has 0 bridgehead atoms. The van der Waals surface area contributed by atoms with E-state index >= 15 is 0 Å². The maximum Gasteiger partial charge on any atom is 0.235 e. The van der Waals surface area contributed by atoms with Gasteiger partial charge < -0.3 is 56.1 Å². The highest BCUT2D eigenvalue weighted by Crippen LogP contribution is 2.40. The van der Waals surface area contributed by atoms with Gasteiger partial charge >= 0.3 is 0 Å². The van der Waals surface area contributed by atoms with Crippen molar-refractivity contribution in [3.8, 4) is 0 Å². The summed E-state index contributed by atoms with van der Waals surface area (Å²) >= 11 is -1.87. The van der Waals surface area contributed by atoms with Crippen LogP contribution in [-0.2, 0) is 125 Å². The molecule has 24 nitrogen and oxygen atoms in total. The highest BCUT2D eigenvalue weighted by atomic mass is 32.2. The van der Waals surface area contributed by atoms with E-state index in [1.54, 1.807) is 99.1 Å². The summed E-state index contributed by atoms with van der Waals surface area (Å²) in [7, 11) is -13.3. The molecule has 0 radical (unpaired) electrons. The third-order valence-corrected chi connectivity index (χ3v) is 34.6. The van der Waals surface area contributed by atoms with Crippen molar-refractivity contribution in [2.75, 3.05) is 80.6 Å². The normalized spacial score (nSPS) is 17.9. The van der Waals surface area contributed by atoms with Crippen LogP contribution in [0.5, 0.6) is 0 Å². The number of nitrogens with two attached hydrogens (primary N) is 1. The Morgan fingerprint density at radius 3 is 1.19 bits per heavy atom. The predicted molar refractivity (Wildman–Crippen MR) is 588 cm³/mol. The minimum Gasteiger partial charge on any atom is -0.772 e. The lowest BCUT2D eigenvalue weighted by atomic mass is 9.97. The fraction of sp³-hybridized carbons (Fsp3) is 0.459. The molecule has 10 aromatic carbocycles. The molecule has 10 aromatic rings. The molecular weight excluding hydrogens is 1850 g/mol. The van der Waals surface area contributed by atoms with Crippen LogP contribution in [0.25, 0.3) is 0 Å². The molecule has 8 atom stereocenters. The van der Waals surface area contributed by atoms with Gasteiger partial charge in [-0.25, -0.2) is 33.7 Å². The van der Waals surface area contributed by atoms with Crippen LogP contribution < -0.4 is 61.0 Å². The van der Waals surface area contributed by atoms with Crippen molar-refractivity contribution < 1.29 is 51.9 Å². The number of ether oxygens (including phenoxy) is 2. The molecule has 0 amide bonds. The van der Waals surface area contributed by atoms with Gasteiger partial charge in [0, 0.05) is 126 Å². The summed E-state index contributed by atoms with van der Waals surface area (Å²) in [5.74, 6) is 1.45. The molecule has 140 heavy (non-hydrogen) atoms. The number of benzene rings is 10. The fourth-order valence-electron chi connectivity index (χ4n) is 17.8. The second-order valence-corrected chi connectivity index (χ2v) is 50.3. The molecule has 762 valence electrons. The van der Waals surface area contributed by atoms with Gasteiger partial charge in [0.15, 0.2) is 0 Å². The number of morpholine rings is 2. The van der Waals surface area contributed by atoms with Gasteiger partial charge in [-0.2, -0.15) is 0 Å². The lowest BCUT2D eigenvalue weighted by Crippen LogP contribution is -2.52. The Kier molecular flexibility index (Phi) is 39.9. The van der Waals surface area contributed by atoms with Gasteiger partial charge in [0.2, 0.25) is 40.1 Å². The van der Waals surface area contributed by atoms with E-state index in [2.05, 4.69) is 225 Å². The van der Waals surface area contributed by atoms with Crippen molar-refractivity contribution in [2.24, 2.45) is 5.92 Å². The number of nitrogens with one attached hydrogen (secondary N) is 9. The van der Waals surface area contributed by atoms with Gasteiger partial charge in [-0.15, -0.1) is 0 Å². The Bertz CT molecular complexity index is 6270. The first-order valence-electron chi connectivity index (χ1n) is 49.4. The Balaban J connectivity index is 0.000000178. The molecule has 0 aromatic heterocycles. The van der Waals surface area contributed by atoms with Crippen LogP contribution >= 0.6 is 0 Å². The van der Waals surface area contributed by atoms with Crippen molar-refractivity contribution in [1.29, 1.82) is 0 Å². The Morgan fingerprint density at radius 2 is 0.764 bits per heavy atom. The average molecular weight is 2010 g/mol. The standard InChI is InChI=1S/2C24H35N3O3S.2C21H28N2O2S.C18H22N2.C3H8O2S/c1-16(2)31(28,29)26-22-9-7-21(8-10-22)13-25-24-17(3)11-23(12-18(24)4)27-14-19(5)30-20(6)15-27;1-16(2)31(28,29)26-22-9-7-21(8-10-22)14-25-24-12-11-23(13-17(24)3)27-15-18(4)30-20(6)19(27)5;1-14(2)26(24,25)23-18-8-6-17(7-9-18)13-22-21-12-11-19-15(3)5-10-20(19)16(21)4;1-14(2)26(24,25)23-18-10-8-17(9-11-18)13-22-21-12-15(3)19-6-5-7-20(19)16(21)4;1-12-9-15-5-8-18(13(2)17(15)10-12)20-11-14-3-6-16(19)7-4-14;1-3(2)6(4)5/h7-12,16,19-20,25-26H,13-15H2,1-6H3;7-13,16,18-20,25-26H,14-15H2,1-6H3;6-9,11-12,14-15,22-23H,5,10,13H2,1-4H3;8-12,14,22-23H,5-7,13H2,1-4H3;3-8,12,20H,9-11,19H2,1-2H3;3H,1-2H3,(H,4,5)/p-1/t19-,20+;18-,19?,20+;;;;/m.0..../s1. The minimum absolute atomic E-state index is 0.204. The summed E-state index contributed by atoms with van der Waals surface area (Å²) in [4.78, 5) is 4.83. The summed E-state index contributed by atoms with van der Waals surface area (Å²) in [6, 6.07) is 60.7. The van der Waals surface area contributed by atoms with Crippen molar-refractivity contribution in [1.82, 2.24) is 0 Å². The van der Waals surface area contributed by atoms with Crippen LogP contribution in [0.1, 0.15) is 237 Å². The smallest absolute Gasteiger partial charge is 0.235 e. The maximum atomic E-state index is 12.0. The van der Waals surface area contributed by atoms with E-state index in [1.165, 1.54) is 146 Å². The molecule has 0 spiro atoms. The number of rotatable bonds is 30. The Labute approximate surface area is 840 Å². The molecule has 5 aliphatic rings. The molecule has 4 unspecified atom stereocenters. The van der Waals surface area contributed by atoms with Gasteiger partial charge in [-0.1, -0.05) is 112 Å². The zero-order chi connectivity index (χ0) is 103. The highest BCUT2D eigenvalue weighted by molar-refractivity contribution is 7.94. The first-order valence-corrected chi connectivity index (χ1v) is 56.7. The third-order valence-electron chi connectivity index (χ3n) is 26.7. The number of nitrogen functional groups attached to an aromatic ring is 1. The molecule has 11 N–H and O–H groups in total. The van der Waals surface area contributed by atoms with Gasteiger partial charge in [-0.05, 0) is 405 Å². The largest absolute Gasteiger partial charge is 0.772 e. The van der Waals surface area contributed by atoms with Crippen LogP contribution in [0, 0.1) is 54.4 Å². The van der Waals surface area contributed by atoms with Crippen molar-refractivity contribution >= 4 is 119 Å². The predicted octanol–water partition coefficient (Wildman–Crippen LogP) is 23.0.